The molecule has 0 aliphatic carbocycles. The summed E-state index contributed by atoms with van der Waals surface area (Å²) < 4.78 is 48.0. The van der Waals surface area contributed by atoms with Crippen LogP contribution in [0.2, 0.25) is 0 Å². The molecule has 0 unspecified atom stereocenters. The molecule has 0 saturated carbocycles. The van der Waals surface area contributed by atoms with Gasteiger partial charge in [-0.25, -0.2) is 4.68 Å². The maximum atomic E-state index is 12.6. The first-order valence-electron chi connectivity index (χ1n) is 9.53. The summed E-state index contributed by atoms with van der Waals surface area (Å²) in [4.78, 5) is 14.2. The number of likely N-dealkylation sites (tertiary alicyclic amines) is 1. The molecule has 2 aromatic heterocycles. The molecule has 1 amide bonds. The molecule has 31 heavy (non-hydrogen) atoms. The van der Waals surface area contributed by atoms with E-state index in [0.717, 1.165) is 12.1 Å². The molecule has 11 heteroatoms. The van der Waals surface area contributed by atoms with Crippen LogP contribution in [0.4, 0.5) is 13.2 Å². The largest absolute Gasteiger partial charge is 0.573 e. The van der Waals surface area contributed by atoms with Crippen LogP contribution in [0.25, 0.3) is 5.82 Å². The number of hydrogen-bond acceptors (Lipinski definition) is 6. The van der Waals surface area contributed by atoms with Gasteiger partial charge in [-0.05, 0) is 36.4 Å². The quantitative estimate of drug-likeness (QED) is 0.615. The molecule has 162 valence electrons. The van der Waals surface area contributed by atoms with Gasteiger partial charge < -0.3 is 14.4 Å². The number of carbonyl (C=O) groups is 1. The van der Waals surface area contributed by atoms with Crippen molar-refractivity contribution >= 4 is 5.91 Å². The Morgan fingerprint density at radius 3 is 2.35 bits per heavy atom. The second-order valence-corrected chi connectivity index (χ2v) is 6.86. The van der Waals surface area contributed by atoms with Crippen molar-refractivity contribution in [3.63, 3.8) is 0 Å². The Hall–Kier alpha value is -3.63. The van der Waals surface area contributed by atoms with Crippen molar-refractivity contribution in [2.45, 2.75) is 25.3 Å². The van der Waals surface area contributed by atoms with E-state index in [4.69, 9.17) is 4.74 Å². The number of benzene rings is 1. The van der Waals surface area contributed by atoms with Crippen LogP contribution in [0, 0.1) is 0 Å². The van der Waals surface area contributed by atoms with Gasteiger partial charge in [-0.3, -0.25) is 4.79 Å². The van der Waals surface area contributed by atoms with E-state index in [1.807, 2.05) is 0 Å². The molecule has 1 aliphatic rings. The van der Waals surface area contributed by atoms with Crippen LogP contribution in [-0.2, 0) is 0 Å². The molecule has 3 aromatic rings. The third kappa shape index (κ3) is 5.30. The summed E-state index contributed by atoms with van der Waals surface area (Å²) in [5.41, 5.74) is 0.300. The SMILES string of the molecule is O=C(c1ccc(OC(F)(F)F)cc1)N1CCC(Oc2ccc(-n3cccn3)nn2)CC1. The lowest BCUT2D eigenvalue weighted by Crippen LogP contribution is -2.41. The highest BCUT2D eigenvalue weighted by Crippen LogP contribution is 2.24. The molecule has 0 spiro atoms. The number of alkyl halides is 3. The van der Waals surface area contributed by atoms with Gasteiger partial charge in [0.2, 0.25) is 5.88 Å². The van der Waals surface area contributed by atoms with Crippen LogP contribution in [-0.4, -0.2) is 56.3 Å². The molecule has 1 saturated heterocycles. The van der Waals surface area contributed by atoms with Crippen LogP contribution in [0.15, 0.2) is 54.9 Å². The molecule has 8 nitrogen and oxygen atoms in total. The number of nitrogens with zero attached hydrogens (tertiary/aromatic N) is 5. The molecular formula is C20H18F3N5O3. The highest BCUT2D eigenvalue weighted by atomic mass is 19.4. The molecular weight excluding hydrogens is 415 g/mol. The van der Waals surface area contributed by atoms with Crippen molar-refractivity contribution in [2.75, 3.05) is 13.1 Å². The van der Waals surface area contributed by atoms with E-state index in [1.165, 1.54) is 12.1 Å². The van der Waals surface area contributed by atoms with Gasteiger partial charge in [0, 0.05) is 50.0 Å². The number of hydrogen-bond donors (Lipinski definition) is 0. The Kier molecular flexibility index (Phi) is 5.74. The molecule has 1 fully saturated rings. The fourth-order valence-corrected chi connectivity index (χ4v) is 3.23. The predicted octanol–water partition coefficient (Wildman–Crippen LogP) is 3.24. The second-order valence-electron chi connectivity index (χ2n) is 6.86. The molecule has 0 bridgehead atoms. The Bertz CT molecular complexity index is 1000. The summed E-state index contributed by atoms with van der Waals surface area (Å²) in [7, 11) is 0. The molecule has 0 radical (unpaired) electrons. The third-order valence-corrected chi connectivity index (χ3v) is 4.72. The lowest BCUT2D eigenvalue weighted by molar-refractivity contribution is -0.274. The zero-order valence-electron chi connectivity index (χ0n) is 16.2. The van der Waals surface area contributed by atoms with Gasteiger partial charge in [0.05, 0.1) is 0 Å². The fraction of sp³-hybridized carbons (Fsp3) is 0.300. The molecule has 3 heterocycles. The second kappa shape index (κ2) is 8.62. The maximum Gasteiger partial charge on any atom is 0.573 e. The summed E-state index contributed by atoms with van der Waals surface area (Å²) in [6.07, 6.45) is -0.277. The van der Waals surface area contributed by atoms with E-state index >= 15 is 0 Å². The number of amides is 1. The number of rotatable bonds is 5. The smallest absolute Gasteiger partial charge is 0.473 e. The maximum absolute atomic E-state index is 12.6. The average Bonchev–Trinajstić information content (AvgIpc) is 3.29. The van der Waals surface area contributed by atoms with E-state index in [1.54, 1.807) is 40.2 Å². The van der Waals surface area contributed by atoms with Crippen molar-refractivity contribution in [2.24, 2.45) is 0 Å². The molecule has 1 aliphatic heterocycles. The van der Waals surface area contributed by atoms with Crippen LogP contribution < -0.4 is 9.47 Å². The topological polar surface area (TPSA) is 82.4 Å². The van der Waals surface area contributed by atoms with Gasteiger partial charge in [-0.2, -0.15) is 5.10 Å². The van der Waals surface area contributed by atoms with Crippen LogP contribution >= 0.6 is 0 Å². The minimum absolute atomic E-state index is 0.114. The Balaban J connectivity index is 1.28. The average molecular weight is 433 g/mol. The van der Waals surface area contributed by atoms with E-state index in [2.05, 4.69) is 20.0 Å². The molecule has 4 rings (SSSR count). The normalized spacial score (nSPS) is 15.0. The van der Waals surface area contributed by atoms with Gasteiger partial charge in [0.15, 0.2) is 5.82 Å². The summed E-state index contributed by atoms with van der Waals surface area (Å²) >= 11 is 0. The first-order valence-corrected chi connectivity index (χ1v) is 9.53. The lowest BCUT2D eigenvalue weighted by atomic mass is 10.1. The van der Waals surface area contributed by atoms with Gasteiger partial charge in [-0.15, -0.1) is 23.4 Å². The van der Waals surface area contributed by atoms with E-state index in [0.29, 0.717) is 43.2 Å². The minimum Gasteiger partial charge on any atom is -0.473 e. The standard InChI is InChI=1S/C20H18F3N5O3/c21-20(22,23)31-16-4-2-14(3-5-16)19(29)27-12-8-15(9-13-27)30-18-7-6-17(25-26-18)28-11-1-10-24-28/h1-7,10-11,15H,8-9,12-13H2. The summed E-state index contributed by atoms with van der Waals surface area (Å²) in [5, 5.41) is 12.2. The van der Waals surface area contributed by atoms with Gasteiger partial charge in [0.25, 0.3) is 5.91 Å². The van der Waals surface area contributed by atoms with Crippen LogP contribution in [0.5, 0.6) is 11.6 Å². The minimum atomic E-state index is -4.77. The highest BCUT2D eigenvalue weighted by Gasteiger charge is 2.31. The van der Waals surface area contributed by atoms with Crippen LogP contribution in [0.3, 0.4) is 0 Å². The van der Waals surface area contributed by atoms with Crippen molar-refractivity contribution in [1.82, 2.24) is 24.9 Å². The first kappa shape index (κ1) is 20.6. The number of piperidine rings is 1. The highest BCUT2D eigenvalue weighted by molar-refractivity contribution is 5.94. The predicted molar refractivity (Wildman–Crippen MR) is 102 cm³/mol. The first-order chi connectivity index (χ1) is 14.9. The third-order valence-electron chi connectivity index (χ3n) is 4.72. The van der Waals surface area contributed by atoms with E-state index in [9.17, 15) is 18.0 Å². The Morgan fingerprint density at radius 2 is 1.77 bits per heavy atom. The van der Waals surface area contributed by atoms with Gasteiger partial charge in [0.1, 0.15) is 11.9 Å². The zero-order chi connectivity index (χ0) is 21.8. The Morgan fingerprint density at radius 1 is 1.03 bits per heavy atom. The fourth-order valence-electron chi connectivity index (χ4n) is 3.23. The summed E-state index contributed by atoms with van der Waals surface area (Å²) in [6, 6.07) is 10.1. The zero-order valence-corrected chi connectivity index (χ0v) is 16.2. The number of aromatic nitrogens is 4. The van der Waals surface area contributed by atoms with E-state index < -0.39 is 6.36 Å². The number of ether oxygens (including phenoxy) is 2. The monoisotopic (exact) mass is 433 g/mol. The van der Waals surface area contributed by atoms with Crippen molar-refractivity contribution < 1.29 is 27.4 Å². The Labute approximate surface area is 175 Å². The van der Waals surface area contributed by atoms with Crippen molar-refractivity contribution in [1.29, 1.82) is 0 Å². The van der Waals surface area contributed by atoms with Crippen molar-refractivity contribution in [3.8, 4) is 17.4 Å². The molecule has 0 N–H and O–H groups in total. The molecule has 0 atom stereocenters. The van der Waals surface area contributed by atoms with Gasteiger partial charge >= 0.3 is 6.36 Å². The summed E-state index contributed by atoms with van der Waals surface area (Å²) in [5.74, 6) is 0.349. The number of halogens is 3. The van der Waals surface area contributed by atoms with Crippen LogP contribution in [0.1, 0.15) is 23.2 Å². The number of carbonyl (C=O) groups excluding carboxylic acids is 1. The molecule has 1 aromatic carbocycles. The summed E-state index contributed by atoms with van der Waals surface area (Å²) in [6.45, 7) is 0.923. The van der Waals surface area contributed by atoms with Gasteiger partial charge in [-0.1, -0.05) is 0 Å². The lowest BCUT2D eigenvalue weighted by Gasteiger charge is -2.32. The van der Waals surface area contributed by atoms with E-state index in [-0.39, 0.29) is 17.8 Å². The van der Waals surface area contributed by atoms with Crippen molar-refractivity contribution in [3.05, 3.63) is 60.4 Å².